The fourth-order valence-corrected chi connectivity index (χ4v) is 1.68. The number of halogens is 2. The van der Waals surface area contributed by atoms with Gasteiger partial charge < -0.3 is 19.9 Å². The van der Waals surface area contributed by atoms with Crippen molar-refractivity contribution in [1.29, 1.82) is 0 Å². The Kier molecular flexibility index (Phi) is 8.37. The summed E-state index contributed by atoms with van der Waals surface area (Å²) < 4.78 is 10.3. The van der Waals surface area contributed by atoms with Gasteiger partial charge in [0.25, 0.3) is 5.91 Å². The van der Waals surface area contributed by atoms with E-state index in [9.17, 15) is 4.79 Å². The molecule has 1 aromatic rings. The third-order valence-corrected chi connectivity index (χ3v) is 2.82. The molecule has 0 bridgehead atoms. The van der Waals surface area contributed by atoms with E-state index in [-0.39, 0.29) is 19.1 Å². The molecule has 1 rings (SSSR count). The molecule has 0 aliphatic heterocycles. The van der Waals surface area contributed by atoms with Gasteiger partial charge in [-0.05, 0) is 18.6 Å². The van der Waals surface area contributed by atoms with E-state index in [1.807, 2.05) is 0 Å². The molecule has 0 aromatic heterocycles. The number of hydrogen-bond donors (Lipinski definition) is 2. The van der Waals surface area contributed by atoms with E-state index in [2.05, 4.69) is 5.32 Å². The molecule has 0 unspecified atom stereocenters. The van der Waals surface area contributed by atoms with Crippen molar-refractivity contribution >= 4 is 29.1 Å². The molecule has 2 N–H and O–H groups in total. The molecule has 5 nitrogen and oxygen atoms in total. The first-order valence-electron chi connectivity index (χ1n) is 6.16. The van der Waals surface area contributed by atoms with Crippen LogP contribution in [0.5, 0.6) is 5.75 Å². The zero-order valence-corrected chi connectivity index (χ0v) is 12.4. The highest BCUT2D eigenvalue weighted by atomic mass is 35.5. The van der Waals surface area contributed by atoms with Crippen LogP contribution in [-0.2, 0) is 9.53 Å². The van der Waals surface area contributed by atoms with Crippen LogP contribution in [0.4, 0.5) is 0 Å². The van der Waals surface area contributed by atoms with Crippen molar-refractivity contribution < 1.29 is 19.4 Å². The van der Waals surface area contributed by atoms with Crippen LogP contribution < -0.4 is 10.1 Å². The fraction of sp³-hybridized carbons (Fsp3) is 0.462. The van der Waals surface area contributed by atoms with Crippen LogP contribution in [-0.4, -0.2) is 44.0 Å². The smallest absolute Gasteiger partial charge is 0.257 e. The Labute approximate surface area is 127 Å². The van der Waals surface area contributed by atoms with Crippen LogP contribution in [0.2, 0.25) is 10.0 Å². The summed E-state index contributed by atoms with van der Waals surface area (Å²) in [5, 5.41) is 12.1. The molecule has 20 heavy (non-hydrogen) atoms. The minimum absolute atomic E-state index is 0.000589. The lowest BCUT2D eigenvalue weighted by Gasteiger charge is -2.09. The average Bonchev–Trinajstić information content (AvgIpc) is 2.43. The maximum Gasteiger partial charge on any atom is 0.257 e. The number of hydrogen-bond acceptors (Lipinski definition) is 4. The first-order valence-corrected chi connectivity index (χ1v) is 6.92. The molecule has 0 heterocycles. The topological polar surface area (TPSA) is 67.8 Å². The summed E-state index contributed by atoms with van der Waals surface area (Å²) in [7, 11) is 0. The largest absolute Gasteiger partial charge is 0.482 e. The number of aliphatic hydroxyl groups is 1. The zero-order chi connectivity index (χ0) is 14.8. The van der Waals surface area contributed by atoms with Gasteiger partial charge in [0, 0.05) is 24.2 Å². The summed E-state index contributed by atoms with van der Waals surface area (Å²) in [6.45, 7) is 1.15. The Morgan fingerprint density at radius 3 is 2.85 bits per heavy atom. The predicted molar refractivity (Wildman–Crippen MR) is 77.5 cm³/mol. The van der Waals surface area contributed by atoms with E-state index in [4.69, 9.17) is 37.8 Å². The highest BCUT2D eigenvalue weighted by Gasteiger charge is 2.06. The molecule has 0 fully saturated rings. The Bertz CT molecular complexity index is 429. The highest BCUT2D eigenvalue weighted by molar-refractivity contribution is 6.34. The lowest BCUT2D eigenvalue weighted by Crippen LogP contribution is -2.30. The van der Waals surface area contributed by atoms with Crippen LogP contribution in [0.1, 0.15) is 6.42 Å². The maximum absolute atomic E-state index is 11.5. The molecule has 0 aliphatic carbocycles. The molecule has 0 aliphatic rings. The van der Waals surface area contributed by atoms with Crippen LogP contribution in [0.3, 0.4) is 0 Å². The van der Waals surface area contributed by atoms with Crippen molar-refractivity contribution in [1.82, 2.24) is 5.32 Å². The summed E-state index contributed by atoms with van der Waals surface area (Å²) in [5.41, 5.74) is 0. The third-order valence-electron chi connectivity index (χ3n) is 2.28. The highest BCUT2D eigenvalue weighted by Crippen LogP contribution is 2.27. The number of aliphatic hydroxyl groups excluding tert-OH is 1. The zero-order valence-electron chi connectivity index (χ0n) is 10.9. The number of benzene rings is 1. The lowest BCUT2D eigenvalue weighted by atomic mass is 10.3. The van der Waals surface area contributed by atoms with E-state index in [1.165, 1.54) is 0 Å². The van der Waals surface area contributed by atoms with Gasteiger partial charge >= 0.3 is 0 Å². The van der Waals surface area contributed by atoms with E-state index in [0.717, 1.165) is 0 Å². The maximum atomic E-state index is 11.5. The molecule has 1 aromatic carbocycles. The third kappa shape index (κ3) is 6.96. The van der Waals surface area contributed by atoms with Crippen molar-refractivity contribution in [2.24, 2.45) is 0 Å². The van der Waals surface area contributed by atoms with E-state index in [1.54, 1.807) is 18.2 Å². The minimum Gasteiger partial charge on any atom is -0.482 e. The minimum atomic E-state index is -0.247. The monoisotopic (exact) mass is 321 g/mol. The number of carbonyl (C=O) groups excluding carboxylic acids is 1. The molecular weight excluding hydrogens is 305 g/mol. The van der Waals surface area contributed by atoms with E-state index < -0.39 is 0 Å². The molecule has 0 saturated carbocycles. The molecule has 112 valence electrons. The van der Waals surface area contributed by atoms with Crippen molar-refractivity contribution in [3.8, 4) is 5.75 Å². The first-order chi connectivity index (χ1) is 9.63. The normalized spacial score (nSPS) is 10.3. The second-order valence-corrected chi connectivity index (χ2v) is 4.75. The van der Waals surface area contributed by atoms with E-state index >= 15 is 0 Å². The van der Waals surface area contributed by atoms with E-state index in [0.29, 0.717) is 42.0 Å². The number of carbonyl (C=O) groups is 1. The molecule has 0 atom stereocenters. The van der Waals surface area contributed by atoms with Crippen molar-refractivity contribution in [2.45, 2.75) is 6.42 Å². The summed E-state index contributed by atoms with van der Waals surface area (Å²) in [4.78, 5) is 11.5. The van der Waals surface area contributed by atoms with Gasteiger partial charge in [0.1, 0.15) is 5.75 Å². The number of nitrogens with one attached hydrogen (secondary N) is 1. The summed E-state index contributed by atoms with van der Waals surface area (Å²) in [5.74, 6) is 0.129. The molecule has 0 radical (unpaired) electrons. The Morgan fingerprint density at radius 2 is 2.10 bits per heavy atom. The molecular formula is C13H17Cl2NO4. The van der Waals surface area contributed by atoms with Crippen LogP contribution in [0.25, 0.3) is 0 Å². The molecule has 7 heteroatoms. The van der Waals surface area contributed by atoms with Gasteiger partial charge in [0.15, 0.2) is 6.61 Å². The number of rotatable bonds is 9. The predicted octanol–water partition coefficient (Wildman–Crippen LogP) is 1.89. The Hall–Kier alpha value is -1.01. The fourth-order valence-electron chi connectivity index (χ4n) is 1.35. The van der Waals surface area contributed by atoms with Gasteiger partial charge in [-0.2, -0.15) is 0 Å². The SMILES string of the molecule is O=C(COc1cc(Cl)ccc1Cl)NCCCOCCO. The molecule has 0 spiro atoms. The van der Waals surface area contributed by atoms with Gasteiger partial charge in [-0.3, -0.25) is 4.79 Å². The van der Waals surface area contributed by atoms with Gasteiger partial charge in [0.2, 0.25) is 0 Å². The van der Waals surface area contributed by atoms with Gasteiger partial charge in [-0.1, -0.05) is 23.2 Å². The van der Waals surface area contributed by atoms with Crippen LogP contribution in [0.15, 0.2) is 18.2 Å². The molecule has 1 amide bonds. The summed E-state index contributed by atoms with van der Waals surface area (Å²) in [6.07, 6.45) is 0.670. The van der Waals surface area contributed by atoms with Gasteiger partial charge in [-0.15, -0.1) is 0 Å². The van der Waals surface area contributed by atoms with Crippen LogP contribution >= 0.6 is 23.2 Å². The second-order valence-electron chi connectivity index (χ2n) is 3.90. The number of amides is 1. The quantitative estimate of drug-likeness (QED) is 0.681. The van der Waals surface area contributed by atoms with Gasteiger partial charge in [0.05, 0.1) is 18.2 Å². The Morgan fingerprint density at radius 1 is 1.30 bits per heavy atom. The lowest BCUT2D eigenvalue weighted by molar-refractivity contribution is -0.123. The average molecular weight is 322 g/mol. The van der Waals surface area contributed by atoms with Crippen molar-refractivity contribution in [3.63, 3.8) is 0 Å². The van der Waals surface area contributed by atoms with Crippen molar-refractivity contribution in [3.05, 3.63) is 28.2 Å². The van der Waals surface area contributed by atoms with Crippen LogP contribution in [0, 0.1) is 0 Å². The standard InChI is InChI=1S/C13H17Cl2NO4/c14-10-2-3-11(15)12(8-10)20-9-13(18)16-4-1-6-19-7-5-17/h2-3,8,17H,1,4-7,9H2,(H,16,18). The van der Waals surface area contributed by atoms with Crippen molar-refractivity contribution in [2.75, 3.05) is 33.0 Å². The second kappa shape index (κ2) is 9.83. The first kappa shape index (κ1) is 17.0. The molecule has 0 saturated heterocycles. The van der Waals surface area contributed by atoms with Gasteiger partial charge in [-0.25, -0.2) is 0 Å². The summed E-state index contributed by atoms with van der Waals surface area (Å²) in [6, 6.07) is 4.80. The number of ether oxygens (including phenoxy) is 2. The Balaban J connectivity index is 2.18. The summed E-state index contributed by atoms with van der Waals surface area (Å²) >= 11 is 11.7.